The zero-order valence-electron chi connectivity index (χ0n) is 15.4. The van der Waals surface area contributed by atoms with Gasteiger partial charge in [-0.15, -0.1) is 0 Å². The predicted molar refractivity (Wildman–Crippen MR) is 95.5 cm³/mol. The first-order chi connectivity index (χ1) is 10.5. The SMILES string of the molecule is CC[Si](CC)(CC)O[C@H]1CCC[C@]2(C)[C@@H]([C@@H](C)C=O)CC[C@@H]12. The minimum Gasteiger partial charge on any atom is -0.414 e. The van der Waals surface area contributed by atoms with Crippen LogP contribution in [0.25, 0.3) is 0 Å². The summed E-state index contributed by atoms with van der Waals surface area (Å²) in [5.41, 5.74) is 0.332. The van der Waals surface area contributed by atoms with Crippen molar-refractivity contribution in [1.82, 2.24) is 0 Å². The van der Waals surface area contributed by atoms with Crippen molar-refractivity contribution in [2.24, 2.45) is 23.2 Å². The van der Waals surface area contributed by atoms with Crippen molar-refractivity contribution >= 4 is 14.6 Å². The minimum atomic E-state index is -1.52. The number of fused-ring (bicyclic) bond motifs is 1. The number of hydrogen-bond donors (Lipinski definition) is 0. The molecule has 0 amide bonds. The number of hydrogen-bond acceptors (Lipinski definition) is 2. The maximum atomic E-state index is 11.3. The summed E-state index contributed by atoms with van der Waals surface area (Å²) in [6.45, 7) is 11.6. The second-order valence-electron chi connectivity index (χ2n) is 8.08. The highest BCUT2D eigenvalue weighted by Gasteiger charge is 2.53. The van der Waals surface area contributed by atoms with Crippen molar-refractivity contribution in [1.29, 1.82) is 0 Å². The van der Waals surface area contributed by atoms with Gasteiger partial charge in [0, 0.05) is 12.0 Å². The summed E-state index contributed by atoms with van der Waals surface area (Å²) in [6, 6.07) is 3.73. The summed E-state index contributed by atoms with van der Waals surface area (Å²) in [5, 5.41) is 0. The van der Waals surface area contributed by atoms with E-state index < -0.39 is 8.32 Å². The molecule has 2 rings (SSSR count). The molecule has 0 aromatic carbocycles. The molecule has 0 aromatic rings. The van der Waals surface area contributed by atoms with Crippen LogP contribution in [0.3, 0.4) is 0 Å². The average molecular weight is 325 g/mol. The number of rotatable bonds is 7. The van der Waals surface area contributed by atoms with Gasteiger partial charge >= 0.3 is 0 Å². The topological polar surface area (TPSA) is 26.3 Å². The molecule has 3 heteroatoms. The van der Waals surface area contributed by atoms with Gasteiger partial charge in [-0.1, -0.05) is 41.0 Å². The van der Waals surface area contributed by atoms with Crippen LogP contribution in [-0.2, 0) is 9.22 Å². The molecule has 128 valence electrons. The maximum absolute atomic E-state index is 11.3. The van der Waals surface area contributed by atoms with E-state index in [-0.39, 0.29) is 5.92 Å². The molecule has 0 aromatic heterocycles. The van der Waals surface area contributed by atoms with Gasteiger partial charge in [0.25, 0.3) is 0 Å². The van der Waals surface area contributed by atoms with Gasteiger partial charge in [-0.3, -0.25) is 0 Å². The Morgan fingerprint density at radius 3 is 2.36 bits per heavy atom. The predicted octanol–water partition coefficient (Wildman–Crippen LogP) is 5.43. The van der Waals surface area contributed by atoms with Crippen molar-refractivity contribution in [3.63, 3.8) is 0 Å². The third-order valence-corrected chi connectivity index (χ3v) is 12.0. The third kappa shape index (κ3) is 3.08. The Hall–Kier alpha value is -0.153. The van der Waals surface area contributed by atoms with Crippen LogP contribution in [0.2, 0.25) is 18.1 Å². The smallest absolute Gasteiger partial charge is 0.192 e. The molecule has 0 spiro atoms. The van der Waals surface area contributed by atoms with Crippen LogP contribution < -0.4 is 0 Å². The lowest BCUT2D eigenvalue weighted by Gasteiger charge is -2.48. The lowest BCUT2D eigenvalue weighted by atomic mass is 9.62. The highest BCUT2D eigenvalue weighted by molar-refractivity contribution is 6.73. The quantitative estimate of drug-likeness (QED) is 0.461. The van der Waals surface area contributed by atoms with E-state index in [1.165, 1.54) is 56.5 Å². The largest absolute Gasteiger partial charge is 0.414 e. The van der Waals surface area contributed by atoms with Crippen molar-refractivity contribution < 1.29 is 9.22 Å². The van der Waals surface area contributed by atoms with Gasteiger partial charge in [-0.2, -0.15) is 0 Å². The number of carbonyl (C=O) groups is 1. The molecular weight excluding hydrogens is 288 g/mol. The Kier molecular flexibility index (Phi) is 5.93. The second-order valence-corrected chi connectivity index (χ2v) is 12.8. The van der Waals surface area contributed by atoms with E-state index in [9.17, 15) is 4.79 Å². The van der Waals surface area contributed by atoms with E-state index in [0.717, 1.165) is 0 Å². The molecule has 0 N–H and O–H groups in total. The van der Waals surface area contributed by atoms with E-state index in [2.05, 4.69) is 34.6 Å². The van der Waals surface area contributed by atoms with E-state index in [4.69, 9.17) is 4.43 Å². The van der Waals surface area contributed by atoms with Crippen LogP contribution in [0.15, 0.2) is 0 Å². The van der Waals surface area contributed by atoms with Crippen LogP contribution in [-0.4, -0.2) is 20.7 Å². The highest BCUT2D eigenvalue weighted by atomic mass is 28.4. The molecule has 0 bridgehead atoms. The fourth-order valence-corrected chi connectivity index (χ4v) is 8.51. The highest BCUT2D eigenvalue weighted by Crippen LogP contribution is 2.58. The molecule has 5 atom stereocenters. The first kappa shape index (κ1) is 18.2. The molecule has 2 aliphatic rings. The van der Waals surface area contributed by atoms with Crippen LogP contribution in [0.4, 0.5) is 0 Å². The standard InChI is InChI=1S/C19H36O2Si/c1-6-22(7-2,8-3)21-18-10-9-13-19(5)16(15(4)14-20)11-12-17(18)19/h14-18H,6-13H2,1-5H3/t15-,16+,17-,18-,19+/m0/s1. The van der Waals surface area contributed by atoms with Gasteiger partial charge in [-0.05, 0) is 61.1 Å². The Balaban J connectivity index is 2.17. The Morgan fingerprint density at radius 2 is 1.82 bits per heavy atom. The molecule has 2 fully saturated rings. The van der Waals surface area contributed by atoms with Gasteiger partial charge in [0.15, 0.2) is 8.32 Å². The van der Waals surface area contributed by atoms with E-state index in [1.807, 2.05) is 0 Å². The second kappa shape index (κ2) is 7.17. The maximum Gasteiger partial charge on any atom is 0.192 e. The first-order valence-corrected chi connectivity index (χ1v) is 12.1. The van der Waals surface area contributed by atoms with Crippen molar-refractivity contribution in [2.75, 3.05) is 0 Å². The van der Waals surface area contributed by atoms with E-state index >= 15 is 0 Å². The summed E-state index contributed by atoms with van der Waals surface area (Å²) in [7, 11) is -1.52. The monoisotopic (exact) mass is 324 g/mol. The van der Waals surface area contributed by atoms with E-state index in [0.29, 0.717) is 23.4 Å². The summed E-state index contributed by atoms with van der Waals surface area (Å²) in [6.07, 6.45) is 7.96. The summed E-state index contributed by atoms with van der Waals surface area (Å²) < 4.78 is 6.92. The molecule has 0 unspecified atom stereocenters. The fourth-order valence-electron chi connectivity index (χ4n) is 5.58. The summed E-state index contributed by atoms with van der Waals surface area (Å²) in [5.74, 6) is 1.46. The number of carbonyl (C=O) groups excluding carboxylic acids is 1. The Bertz CT molecular complexity index is 371. The molecular formula is C19H36O2Si. The number of aldehydes is 1. The molecule has 2 saturated carbocycles. The van der Waals surface area contributed by atoms with Crippen LogP contribution in [0.5, 0.6) is 0 Å². The van der Waals surface area contributed by atoms with Gasteiger partial charge < -0.3 is 9.22 Å². The molecule has 0 aliphatic heterocycles. The van der Waals surface area contributed by atoms with Crippen LogP contribution in [0.1, 0.15) is 66.7 Å². The summed E-state index contributed by atoms with van der Waals surface area (Å²) >= 11 is 0. The van der Waals surface area contributed by atoms with Crippen molar-refractivity contribution in [3.05, 3.63) is 0 Å². The average Bonchev–Trinajstić information content (AvgIpc) is 2.90. The Labute approximate surface area is 138 Å². The molecule has 2 aliphatic carbocycles. The molecule has 2 nitrogen and oxygen atoms in total. The molecule has 0 heterocycles. The zero-order chi connectivity index (χ0) is 16.4. The first-order valence-electron chi connectivity index (χ1n) is 9.59. The van der Waals surface area contributed by atoms with Gasteiger partial charge in [0.05, 0.1) is 0 Å². The Morgan fingerprint density at radius 1 is 1.18 bits per heavy atom. The molecule has 0 saturated heterocycles. The lowest BCUT2D eigenvalue weighted by Crippen LogP contribution is -2.48. The minimum absolute atomic E-state index is 0.208. The zero-order valence-corrected chi connectivity index (χ0v) is 16.4. The van der Waals surface area contributed by atoms with Crippen molar-refractivity contribution in [2.45, 2.75) is 91.0 Å². The summed E-state index contributed by atoms with van der Waals surface area (Å²) in [4.78, 5) is 11.3. The van der Waals surface area contributed by atoms with Gasteiger partial charge in [0.1, 0.15) is 6.29 Å². The van der Waals surface area contributed by atoms with Gasteiger partial charge in [-0.25, -0.2) is 0 Å². The van der Waals surface area contributed by atoms with Crippen LogP contribution >= 0.6 is 0 Å². The third-order valence-electron chi connectivity index (χ3n) is 7.32. The normalized spacial score (nSPS) is 36.9. The molecule has 0 radical (unpaired) electrons. The van der Waals surface area contributed by atoms with Crippen molar-refractivity contribution in [3.8, 4) is 0 Å². The van der Waals surface area contributed by atoms with E-state index in [1.54, 1.807) is 0 Å². The van der Waals surface area contributed by atoms with Gasteiger partial charge in [0.2, 0.25) is 0 Å². The lowest BCUT2D eigenvalue weighted by molar-refractivity contribution is -0.114. The van der Waals surface area contributed by atoms with Crippen LogP contribution in [0, 0.1) is 23.2 Å². The molecule has 22 heavy (non-hydrogen) atoms. The fraction of sp³-hybridized carbons (Fsp3) is 0.947.